The average Bonchev–Trinajstić information content (AvgIpc) is 3.81. The molecule has 0 bridgehead atoms. The van der Waals surface area contributed by atoms with Gasteiger partial charge in [0.15, 0.2) is 5.82 Å². The van der Waals surface area contributed by atoms with Crippen LogP contribution in [0.5, 0.6) is 0 Å². The number of thiophene rings is 1. The molecule has 3 heteroatoms. The topological polar surface area (TPSA) is 25.8 Å². The molecule has 8 aromatic carbocycles. The lowest BCUT2D eigenvalue weighted by molar-refractivity contribution is 0.768. The second kappa shape index (κ2) is 13.1. The van der Waals surface area contributed by atoms with Gasteiger partial charge in [0, 0.05) is 36.9 Å². The Morgan fingerprint density at radius 1 is 0.357 bits per heavy atom. The van der Waals surface area contributed by atoms with E-state index in [1.807, 2.05) is 17.4 Å². The van der Waals surface area contributed by atoms with Gasteiger partial charge in [-0.3, -0.25) is 0 Å². The standard InChI is InChI=1S/C53H34N2S/c1-4-17-35(18-5-1)52-54-47(40-24-11-10-23-39(40)36-31-32-50-44(33-36)41-25-13-15-30-49(41)56-50)34-48(55-52)43-27-16-29-46-51(43)42-26-12-14-28-45(42)53(46,37-19-6-2-7-20-37)38-21-8-3-9-22-38/h1-34H. The summed E-state index contributed by atoms with van der Waals surface area (Å²) >= 11 is 1.85. The molecule has 0 aliphatic heterocycles. The Bertz CT molecular complexity index is 3040. The van der Waals surface area contributed by atoms with Crippen molar-refractivity contribution in [1.82, 2.24) is 9.97 Å². The molecule has 2 nitrogen and oxygen atoms in total. The van der Waals surface area contributed by atoms with Crippen molar-refractivity contribution >= 4 is 31.5 Å². The first-order valence-electron chi connectivity index (χ1n) is 19.1. The van der Waals surface area contributed by atoms with Crippen LogP contribution in [0.25, 0.3) is 76.3 Å². The third-order valence-corrected chi connectivity index (χ3v) is 12.6. The third-order valence-electron chi connectivity index (χ3n) is 11.4. The summed E-state index contributed by atoms with van der Waals surface area (Å²) in [5.41, 5.74) is 14.2. The molecule has 0 saturated heterocycles. The molecular weight excluding hydrogens is 697 g/mol. The maximum absolute atomic E-state index is 5.40. The van der Waals surface area contributed by atoms with Crippen molar-refractivity contribution in [3.8, 4) is 56.2 Å². The van der Waals surface area contributed by atoms with Gasteiger partial charge >= 0.3 is 0 Å². The summed E-state index contributed by atoms with van der Waals surface area (Å²) in [6.45, 7) is 0. The minimum atomic E-state index is -0.500. The van der Waals surface area contributed by atoms with Crippen LogP contribution >= 0.6 is 11.3 Å². The zero-order chi connectivity index (χ0) is 37.1. The van der Waals surface area contributed by atoms with Gasteiger partial charge < -0.3 is 0 Å². The number of benzene rings is 8. The lowest BCUT2D eigenvalue weighted by Crippen LogP contribution is -2.28. The van der Waals surface area contributed by atoms with Crippen LogP contribution in [0.1, 0.15) is 22.3 Å². The molecule has 10 aromatic rings. The van der Waals surface area contributed by atoms with Crippen molar-refractivity contribution in [2.75, 3.05) is 0 Å². The van der Waals surface area contributed by atoms with Crippen LogP contribution in [-0.4, -0.2) is 9.97 Å². The monoisotopic (exact) mass is 730 g/mol. The van der Waals surface area contributed by atoms with Crippen LogP contribution in [0.2, 0.25) is 0 Å². The molecule has 1 aliphatic carbocycles. The Balaban J connectivity index is 1.16. The fraction of sp³-hybridized carbons (Fsp3) is 0.0189. The van der Waals surface area contributed by atoms with Crippen molar-refractivity contribution in [2.45, 2.75) is 5.41 Å². The van der Waals surface area contributed by atoms with Gasteiger partial charge in [0.2, 0.25) is 0 Å². The van der Waals surface area contributed by atoms with Crippen LogP contribution in [0.4, 0.5) is 0 Å². The van der Waals surface area contributed by atoms with E-state index in [2.05, 4.69) is 200 Å². The molecule has 0 fully saturated rings. The summed E-state index contributed by atoms with van der Waals surface area (Å²) in [4.78, 5) is 10.7. The van der Waals surface area contributed by atoms with Crippen molar-refractivity contribution in [3.05, 3.63) is 229 Å². The normalized spacial score (nSPS) is 12.8. The van der Waals surface area contributed by atoms with E-state index in [4.69, 9.17) is 9.97 Å². The predicted octanol–water partition coefficient (Wildman–Crippen LogP) is 13.9. The molecule has 0 N–H and O–H groups in total. The summed E-state index contributed by atoms with van der Waals surface area (Å²) in [6.07, 6.45) is 0. The number of nitrogens with zero attached hydrogens (tertiary/aromatic N) is 2. The summed E-state index contributed by atoms with van der Waals surface area (Å²) in [5.74, 6) is 0.702. The van der Waals surface area contributed by atoms with Crippen LogP contribution in [0.3, 0.4) is 0 Å². The van der Waals surface area contributed by atoms with E-state index >= 15 is 0 Å². The molecule has 2 aromatic heterocycles. The second-order valence-electron chi connectivity index (χ2n) is 14.4. The fourth-order valence-corrected chi connectivity index (χ4v) is 10.1. The summed E-state index contributed by atoms with van der Waals surface area (Å²) in [6, 6.07) is 74.4. The van der Waals surface area contributed by atoms with E-state index < -0.39 is 5.41 Å². The number of rotatable bonds is 6. The first-order chi connectivity index (χ1) is 27.8. The van der Waals surface area contributed by atoms with Gasteiger partial charge in [0.25, 0.3) is 0 Å². The smallest absolute Gasteiger partial charge is 0.160 e. The average molecular weight is 731 g/mol. The minimum Gasteiger partial charge on any atom is -0.228 e. The van der Waals surface area contributed by atoms with Crippen LogP contribution in [0.15, 0.2) is 206 Å². The maximum atomic E-state index is 5.40. The van der Waals surface area contributed by atoms with Gasteiger partial charge in [-0.2, -0.15) is 0 Å². The molecule has 0 unspecified atom stereocenters. The predicted molar refractivity (Wildman–Crippen MR) is 234 cm³/mol. The molecule has 0 saturated carbocycles. The highest BCUT2D eigenvalue weighted by molar-refractivity contribution is 7.25. The van der Waals surface area contributed by atoms with Gasteiger partial charge in [-0.05, 0) is 68.8 Å². The van der Waals surface area contributed by atoms with Gasteiger partial charge in [-0.15, -0.1) is 11.3 Å². The highest BCUT2D eigenvalue weighted by atomic mass is 32.1. The zero-order valence-corrected chi connectivity index (χ0v) is 31.2. The van der Waals surface area contributed by atoms with Crippen molar-refractivity contribution in [3.63, 3.8) is 0 Å². The number of hydrogen-bond donors (Lipinski definition) is 0. The summed E-state index contributed by atoms with van der Waals surface area (Å²) in [7, 11) is 0. The Morgan fingerprint density at radius 3 is 1.66 bits per heavy atom. The van der Waals surface area contributed by atoms with Crippen molar-refractivity contribution < 1.29 is 0 Å². The Kier molecular flexibility index (Phi) is 7.61. The zero-order valence-electron chi connectivity index (χ0n) is 30.4. The Labute approximate surface area is 330 Å². The highest BCUT2D eigenvalue weighted by Gasteiger charge is 2.46. The van der Waals surface area contributed by atoms with E-state index in [1.165, 1.54) is 59.1 Å². The van der Waals surface area contributed by atoms with Gasteiger partial charge in [0.1, 0.15) is 0 Å². The minimum absolute atomic E-state index is 0.500. The van der Waals surface area contributed by atoms with E-state index in [-0.39, 0.29) is 0 Å². The third kappa shape index (κ3) is 5.02. The molecule has 0 atom stereocenters. The van der Waals surface area contributed by atoms with E-state index in [1.54, 1.807) is 0 Å². The molecule has 56 heavy (non-hydrogen) atoms. The second-order valence-corrected chi connectivity index (χ2v) is 15.5. The first kappa shape index (κ1) is 32.5. The maximum Gasteiger partial charge on any atom is 0.160 e. The molecule has 11 rings (SSSR count). The quantitative estimate of drug-likeness (QED) is 0.170. The number of aromatic nitrogens is 2. The summed E-state index contributed by atoms with van der Waals surface area (Å²) < 4.78 is 2.60. The van der Waals surface area contributed by atoms with E-state index in [9.17, 15) is 0 Å². The van der Waals surface area contributed by atoms with E-state index in [0.717, 1.165) is 33.6 Å². The molecule has 0 spiro atoms. The van der Waals surface area contributed by atoms with Crippen molar-refractivity contribution in [1.29, 1.82) is 0 Å². The van der Waals surface area contributed by atoms with Gasteiger partial charge in [-0.25, -0.2) is 9.97 Å². The number of hydrogen-bond acceptors (Lipinski definition) is 3. The van der Waals surface area contributed by atoms with Crippen LogP contribution in [0, 0.1) is 0 Å². The van der Waals surface area contributed by atoms with Gasteiger partial charge in [-0.1, -0.05) is 182 Å². The lowest BCUT2D eigenvalue weighted by Gasteiger charge is -2.33. The summed E-state index contributed by atoms with van der Waals surface area (Å²) in [5, 5.41) is 2.58. The first-order valence-corrected chi connectivity index (χ1v) is 19.9. The molecule has 2 heterocycles. The highest BCUT2D eigenvalue weighted by Crippen LogP contribution is 2.58. The van der Waals surface area contributed by atoms with E-state index in [0.29, 0.717) is 5.82 Å². The van der Waals surface area contributed by atoms with Gasteiger partial charge in [0.05, 0.1) is 16.8 Å². The largest absolute Gasteiger partial charge is 0.228 e. The lowest BCUT2D eigenvalue weighted by atomic mass is 9.67. The SMILES string of the molecule is c1ccc(-c2nc(-c3ccccc3-c3ccc4sc5ccccc5c4c3)cc(-c3cccc4c3-c3ccccc3C4(c3ccccc3)c3ccccc3)n2)cc1. The Hall–Kier alpha value is -6.94. The molecule has 1 aliphatic rings. The molecule has 0 amide bonds. The van der Waals surface area contributed by atoms with Crippen LogP contribution in [-0.2, 0) is 5.41 Å². The number of fused-ring (bicyclic) bond motifs is 6. The fourth-order valence-electron chi connectivity index (χ4n) is 9.00. The molecule has 0 radical (unpaired) electrons. The molecular formula is C53H34N2S. The van der Waals surface area contributed by atoms with Crippen molar-refractivity contribution in [2.24, 2.45) is 0 Å². The molecule has 262 valence electrons. The van der Waals surface area contributed by atoms with Crippen LogP contribution < -0.4 is 0 Å². The Morgan fingerprint density at radius 2 is 0.911 bits per heavy atom.